The fourth-order valence-electron chi connectivity index (χ4n) is 2.73. The average Bonchev–Trinajstić information content (AvgIpc) is 2.54. The number of H-pyrrole nitrogens is 2. The number of hydrogen-bond donors (Lipinski definition) is 3. The van der Waals surface area contributed by atoms with Gasteiger partial charge in [-0.05, 0) is 37.5 Å². The molecule has 1 unspecified atom stereocenters. The van der Waals surface area contributed by atoms with E-state index in [9.17, 15) is 9.59 Å². The van der Waals surface area contributed by atoms with E-state index in [0.717, 1.165) is 18.4 Å². The van der Waals surface area contributed by atoms with Gasteiger partial charge >= 0.3 is 0 Å². The summed E-state index contributed by atoms with van der Waals surface area (Å²) in [5.74, 6) is -0.0569. The highest BCUT2D eigenvalue weighted by Crippen LogP contribution is 2.18. The molecule has 5 nitrogen and oxygen atoms in total. The molecule has 0 aliphatic carbocycles. The van der Waals surface area contributed by atoms with Gasteiger partial charge in [0.05, 0.1) is 6.04 Å². The Kier molecular flexibility index (Phi) is 6.49. The van der Waals surface area contributed by atoms with Gasteiger partial charge in [0, 0.05) is 17.7 Å². The summed E-state index contributed by atoms with van der Waals surface area (Å²) in [6.45, 7) is 3.89. The fraction of sp³-hybridized carbons (Fsp3) is 0.389. The van der Waals surface area contributed by atoms with Crippen LogP contribution in [0.4, 0.5) is 0 Å². The predicted molar refractivity (Wildman–Crippen MR) is 97.5 cm³/mol. The Morgan fingerprint density at radius 1 is 1.25 bits per heavy atom. The normalized spacial score (nSPS) is 11.9. The maximum absolute atomic E-state index is 12.3. The maximum atomic E-state index is 12.3. The minimum absolute atomic E-state index is 0.00432. The molecule has 128 valence electrons. The molecule has 0 bridgehead atoms. The molecule has 0 radical (unpaired) electrons. The van der Waals surface area contributed by atoms with Crippen LogP contribution < -0.4 is 10.9 Å². The molecule has 0 aliphatic heterocycles. The minimum Gasteiger partial charge on any atom is -0.349 e. The van der Waals surface area contributed by atoms with Crippen LogP contribution in [-0.2, 0) is 11.2 Å². The highest BCUT2D eigenvalue weighted by molar-refractivity contribution is 7.71. The van der Waals surface area contributed by atoms with Crippen LogP contribution in [0.1, 0.15) is 49.0 Å². The molecule has 1 amide bonds. The third-order valence-corrected chi connectivity index (χ3v) is 4.18. The van der Waals surface area contributed by atoms with E-state index in [4.69, 9.17) is 12.2 Å². The average molecular weight is 345 g/mol. The molecule has 0 aliphatic rings. The molecular weight excluding hydrogens is 322 g/mol. The van der Waals surface area contributed by atoms with Crippen LogP contribution in [-0.4, -0.2) is 15.9 Å². The molecule has 2 aromatic rings. The van der Waals surface area contributed by atoms with Crippen LogP contribution in [0.3, 0.4) is 0 Å². The third-order valence-electron chi connectivity index (χ3n) is 3.97. The lowest BCUT2D eigenvalue weighted by Crippen LogP contribution is -2.29. The zero-order chi connectivity index (χ0) is 17.5. The Hall–Kier alpha value is -2.21. The molecule has 1 aromatic carbocycles. The lowest BCUT2D eigenvalue weighted by atomic mass is 10.0. The molecule has 1 heterocycles. The summed E-state index contributed by atoms with van der Waals surface area (Å²) in [6, 6.07) is 9.95. The van der Waals surface area contributed by atoms with Crippen molar-refractivity contribution in [2.75, 3.05) is 0 Å². The third kappa shape index (κ3) is 4.89. The van der Waals surface area contributed by atoms with Crippen molar-refractivity contribution in [1.82, 2.24) is 15.3 Å². The van der Waals surface area contributed by atoms with Gasteiger partial charge in [-0.2, -0.15) is 0 Å². The SMILES string of the molecule is CCCC(NC(=O)CCc1c(C)[nH]c(=S)[nH]c1=O)c1ccccc1. The number of hydrogen-bond acceptors (Lipinski definition) is 3. The monoisotopic (exact) mass is 345 g/mol. The second-order valence-corrected chi connectivity index (χ2v) is 6.24. The number of benzene rings is 1. The number of carbonyl (C=O) groups is 1. The molecule has 0 fully saturated rings. The van der Waals surface area contributed by atoms with Crippen molar-refractivity contribution in [3.05, 3.63) is 62.3 Å². The van der Waals surface area contributed by atoms with Crippen molar-refractivity contribution in [3.63, 3.8) is 0 Å². The number of carbonyl (C=O) groups excluding carboxylic acids is 1. The zero-order valence-electron chi connectivity index (χ0n) is 14.0. The smallest absolute Gasteiger partial charge is 0.255 e. The standard InChI is InChI=1S/C18H23N3O2S/c1-3-7-15(13-8-5-4-6-9-13)20-16(22)11-10-14-12(2)19-18(24)21-17(14)23/h4-6,8-9,15H,3,7,10-11H2,1-2H3,(H,20,22)(H2,19,21,23,24). The van der Waals surface area contributed by atoms with Gasteiger partial charge in [-0.25, -0.2) is 0 Å². The Morgan fingerprint density at radius 3 is 2.58 bits per heavy atom. The lowest BCUT2D eigenvalue weighted by molar-refractivity contribution is -0.121. The summed E-state index contributed by atoms with van der Waals surface area (Å²) in [4.78, 5) is 29.7. The van der Waals surface area contributed by atoms with Gasteiger partial charge in [0.2, 0.25) is 5.91 Å². The topological polar surface area (TPSA) is 77.8 Å². The summed E-state index contributed by atoms with van der Waals surface area (Å²) >= 11 is 4.93. The van der Waals surface area contributed by atoms with Crippen molar-refractivity contribution in [1.29, 1.82) is 0 Å². The molecule has 0 spiro atoms. The summed E-state index contributed by atoms with van der Waals surface area (Å²) in [7, 11) is 0. The van der Waals surface area contributed by atoms with Gasteiger partial charge < -0.3 is 10.3 Å². The van der Waals surface area contributed by atoms with Gasteiger partial charge in [0.15, 0.2) is 4.77 Å². The van der Waals surface area contributed by atoms with E-state index in [0.29, 0.717) is 22.4 Å². The Labute approximate surface area is 146 Å². The van der Waals surface area contributed by atoms with E-state index in [2.05, 4.69) is 22.2 Å². The van der Waals surface area contributed by atoms with Crippen LogP contribution in [0.5, 0.6) is 0 Å². The zero-order valence-corrected chi connectivity index (χ0v) is 14.8. The quantitative estimate of drug-likeness (QED) is 0.674. The number of aryl methyl sites for hydroxylation is 1. The number of aromatic nitrogens is 2. The van der Waals surface area contributed by atoms with Crippen molar-refractivity contribution in [3.8, 4) is 0 Å². The molecule has 0 saturated heterocycles. The molecule has 1 atom stereocenters. The molecule has 0 saturated carbocycles. The summed E-state index contributed by atoms with van der Waals surface area (Å²) in [6.07, 6.45) is 2.51. The second-order valence-electron chi connectivity index (χ2n) is 5.83. The van der Waals surface area contributed by atoms with Gasteiger partial charge in [-0.3, -0.25) is 14.6 Å². The van der Waals surface area contributed by atoms with Gasteiger partial charge in [0.1, 0.15) is 0 Å². The summed E-state index contributed by atoms with van der Waals surface area (Å²) in [5.41, 5.74) is 2.16. The predicted octanol–water partition coefficient (Wildman–Crippen LogP) is 3.33. The van der Waals surface area contributed by atoms with Crippen LogP contribution >= 0.6 is 12.2 Å². The van der Waals surface area contributed by atoms with E-state index >= 15 is 0 Å². The van der Waals surface area contributed by atoms with Crippen molar-refractivity contribution in [2.45, 2.75) is 45.6 Å². The minimum atomic E-state index is -0.225. The Bertz CT molecular complexity index is 796. The molecule has 24 heavy (non-hydrogen) atoms. The highest BCUT2D eigenvalue weighted by atomic mass is 32.1. The van der Waals surface area contributed by atoms with Gasteiger partial charge in [-0.1, -0.05) is 43.7 Å². The van der Waals surface area contributed by atoms with Crippen molar-refractivity contribution in [2.24, 2.45) is 0 Å². The molecule has 3 N–H and O–H groups in total. The molecule has 1 aromatic heterocycles. The van der Waals surface area contributed by atoms with E-state index in [-0.39, 0.29) is 23.9 Å². The Morgan fingerprint density at radius 2 is 1.96 bits per heavy atom. The fourth-order valence-corrected chi connectivity index (χ4v) is 2.97. The first-order valence-corrected chi connectivity index (χ1v) is 8.58. The van der Waals surface area contributed by atoms with Gasteiger partial charge in [-0.15, -0.1) is 0 Å². The number of nitrogens with one attached hydrogen (secondary N) is 3. The van der Waals surface area contributed by atoms with Crippen molar-refractivity contribution < 1.29 is 4.79 Å². The molecule has 2 rings (SSSR count). The maximum Gasteiger partial charge on any atom is 0.255 e. The van der Waals surface area contributed by atoms with Crippen LogP contribution in [0.15, 0.2) is 35.1 Å². The molecular formula is C18H23N3O2S. The van der Waals surface area contributed by atoms with Crippen LogP contribution in [0, 0.1) is 11.7 Å². The lowest BCUT2D eigenvalue weighted by Gasteiger charge is -2.18. The first-order chi connectivity index (χ1) is 11.5. The van der Waals surface area contributed by atoms with Crippen LogP contribution in [0.25, 0.3) is 0 Å². The largest absolute Gasteiger partial charge is 0.349 e. The van der Waals surface area contributed by atoms with Gasteiger partial charge in [0.25, 0.3) is 5.56 Å². The summed E-state index contributed by atoms with van der Waals surface area (Å²) < 4.78 is 0.304. The van der Waals surface area contributed by atoms with E-state index in [1.807, 2.05) is 30.3 Å². The highest BCUT2D eigenvalue weighted by Gasteiger charge is 2.14. The number of amides is 1. The molecule has 6 heteroatoms. The summed E-state index contributed by atoms with van der Waals surface area (Å²) in [5, 5.41) is 3.07. The first-order valence-electron chi connectivity index (χ1n) is 8.17. The van der Waals surface area contributed by atoms with Crippen LogP contribution in [0.2, 0.25) is 0 Å². The van der Waals surface area contributed by atoms with Crippen molar-refractivity contribution >= 4 is 18.1 Å². The van der Waals surface area contributed by atoms with E-state index < -0.39 is 0 Å². The Balaban J connectivity index is 2.02. The second kappa shape index (κ2) is 8.59. The number of rotatable bonds is 7. The first kappa shape index (κ1) is 18.1. The van der Waals surface area contributed by atoms with E-state index in [1.54, 1.807) is 6.92 Å². The van der Waals surface area contributed by atoms with E-state index in [1.165, 1.54) is 0 Å². The number of aromatic amines is 2.